The molecule has 0 atom stereocenters. The zero-order valence-corrected chi connectivity index (χ0v) is 13.6. The molecule has 1 aromatic carbocycles. The minimum atomic E-state index is -0.296. The van der Waals surface area contributed by atoms with E-state index in [2.05, 4.69) is 41.5 Å². The monoisotopic (exact) mass is 322 g/mol. The first-order valence-electron chi connectivity index (χ1n) is 6.66. The second-order valence-corrected chi connectivity index (χ2v) is 7.16. The number of thioether (sulfide) groups is 1. The fraction of sp³-hybridized carbons (Fsp3) is 0.357. The van der Waals surface area contributed by atoms with Crippen molar-refractivity contribution in [2.24, 2.45) is 5.73 Å². The largest absolute Gasteiger partial charge is 0.370 e. The molecule has 112 valence electrons. The van der Waals surface area contributed by atoms with Gasteiger partial charge in [0.2, 0.25) is 11.0 Å². The van der Waals surface area contributed by atoms with Crippen LogP contribution in [0.4, 0.5) is 10.8 Å². The Balaban J connectivity index is 1.91. The Labute approximate surface area is 132 Å². The molecule has 0 aliphatic rings. The molecule has 0 bridgehead atoms. The summed E-state index contributed by atoms with van der Waals surface area (Å²) in [6.07, 6.45) is 0.351. The molecule has 5 nitrogen and oxygen atoms in total. The first kappa shape index (κ1) is 15.8. The van der Waals surface area contributed by atoms with Crippen molar-refractivity contribution < 1.29 is 4.79 Å². The van der Waals surface area contributed by atoms with Gasteiger partial charge in [-0.15, -0.1) is 10.2 Å². The van der Waals surface area contributed by atoms with Gasteiger partial charge in [-0.25, -0.2) is 0 Å². The third kappa shape index (κ3) is 5.02. The van der Waals surface area contributed by atoms with Crippen LogP contribution in [0.25, 0.3) is 0 Å². The molecule has 1 aromatic heterocycles. The maximum atomic E-state index is 10.7. The number of amides is 1. The molecule has 0 radical (unpaired) electrons. The van der Waals surface area contributed by atoms with Crippen molar-refractivity contribution in [3.63, 3.8) is 0 Å². The average Bonchev–Trinajstić information content (AvgIpc) is 2.86. The Morgan fingerprint density at radius 1 is 1.33 bits per heavy atom. The van der Waals surface area contributed by atoms with Crippen LogP contribution in [0.3, 0.4) is 0 Å². The van der Waals surface area contributed by atoms with Crippen LogP contribution in [-0.2, 0) is 4.79 Å². The maximum Gasteiger partial charge on any atom is 0.218 e. The molecule has 0 spiro atoms. The number of hydrogen-bond donors (Lipinski definition) is 2. The Hall–Kier alpha value is -1.60. The Morgan fingerprint density at radius 2 is 2.05 bits per heavy atom. The third-order valence-corrected chi connectivity index (χ3v) is 4.78. The van der Waals surface area contributed by atoms with Crippen LogP contribution in [0.2, 0.25) is 0 Å². The van der Waals surface area contributed by atoms with Gasteiger partial charge in [0, 0.05) is 17.9 Å². The molecule has 0 saturated carbocycles. The summed E-state index contributed by atoms with van der Waals surface area (Å²) >= 11 is 2.96. The Morgan fingerprint density at radius 3 is 2.67 bits per heavy atom. The minimum Gasteiger partial charge on any atom is -0.370 e. The van der Waals surface area contributed by atoms with E-state index in [1.165, 1.54) is 28.7 Å². The van der Waals surface area contributed by atoms with Gasteiger partial charge in [0.25, 0.3) is 0 Å². The highest BCUT2D eigenvalue weighted by Crippen LogP contribution is 2.28. The van der Waals surface area contributed by atoms with Crippen LogP contribution in [0.1, 0.15) is 31.7 Å². The van der Waals surface area contributed by atoms with Crippen LogP contribution in [0.5, 0.6) is 0 Å². The molecule has 7 heteroatoms. The number of carbonyl (C=O) groups excluding carboxylic acids is 1. The van der Waals surface area contributed by atoms with Crippen LogP contribution < -0.4 is 11.1 Å². The Bertz CT molecular complexity index is 595. The van der Waals surface area contributed by atoms with Crippen LogP contribution in [-0.4, -0.2) is 21.9 Å². The summed E-state index contributed by atoms with van der Waals surface area (Å²) in [4.78, 5) is 10.7. The van der Waals surface area contributed by atoms with E-state index in [0.29, 0.717) is 18.1 Å². The molecule has 0 saturated heterocycles. The second kappa shape index (κ2) is 7.42. The lowest BCUT2D eigenvalue weighted by Crippen LogP contribution is -2.10. The number of nitrogens with zero attached hydrogens (tertiary/aromatic N) is 2. The quantitative estimate of drug-likeness (QED) is 0.764. The van der Waals surface area contributed by atoms with E-state index in [0.717, 1.165) is 15.2 Å². The summed E-state index contributed by atoms with van der Waals surface area (Å²) in [5.41, 5.74) is 7.40. The van der Waals surface area contributed by atoms with Crippen LogP contribution in [0, 0.1) is 0 Å². The van der Waals surface area contributed by atoms with Crippen molar-refractivity contribution in [1.82, 2.24) is 10.2 Å². The van der Waals surface area contributed by atoms with Gasteiger partial charge in [-0.05, 0) is 23.6 Å². The SMILES string of the molecule is CC(C)c1ccc(Nc2nnc(SCCC(N)=O)s2)cc1. The van der Waals surface area contributed by atoms with Crippen LogP contribution in [0.15, 0.2) is 28.6 Å². The smallest absolute Gasteiger partial charge is 0.218 e. The van der Waals surface area contributed by atoms with Gasteiger partial charge in [-0.3, -0.25) is 4.79 Å². The number of nitrogens with one attached hydrogen (secondary N) is 1. The second-order valence-electron chi connectivity index (χ2n) is 4.84. The molecule has 2 rings (SSSR count). The van der Waals surface area contributed by atoms with E-state index in [9.17, 15) is 4.79 Å². The molecule has 0 aliphatic carbocycles. The van der Waals surface area contributed by atoms with E-state index in [1.54, 1.807) is 0 Å². The Kier molecular flexibility index (Phi) is 5.58. The number of hydrogen-bond acceptors (Lipinski definition) is 6. The van der Waals surface area contributed by atoms with Crippen LogP contribution >= 0.6 is 23.1 Å². The van der Waals surface area contributed by atoms with Gasteiger partial charge in [-0.2, -0.15) is 0 Å². The van der Waals surface area contributed by atoms with Gasteiger partial charge in [-0.1, -0.05) is 49.1 Å². The van der Waals surface area contributed by atoms with Crippen molar-refractivity contribution in [2.75, 3.05) is 11.1 Å². The molecular formula is C14H18N4OS2. The highest BCUT2D eigenvalue weighted by atomic mass is 32.2. The third-order valence-electron chi connectivity index (χ3n) is 2.81. The summed E-state index contributed by atoms with van der Waals surface area (Å²) in [5, 5.41) is 12.1. The van der Waals surface area contributed by atoms with Gasteiger partial charge < -0.3 is 11.1 Å². The summed E-state index contributed by atoms with van der Waals surface area (Å²) in [6.45, 7) is 4.34. The zero-order chi connectivity index (χ0) is 15.2. The number of nitrogens with two attached hydrogens (primary N) is 1. The molecule has 0 aliphatic heterocycles. The van der Waals surface area contributed by atoms with Crippen molar-refractivity contribution in [1.29, 1.82) is 0 Å². The average molecular weight is 322 g/mol. The van der Waals surface area contributed by atoms with Gasteiger partial charge in [0.1, 0.15) is 0 Å². The van der Waals surface area contributed by atoms with Gasteiger partial charge >= 0.3 is 0 Å². The number of rotatable bonds is 7. The molecule has 3 N–H and O–H groups in total. The molecule has 0 fully saturated rings. The highest BCUT2D eigenvalue weighted by Gasteiger charge is 2.06. The maximum absolute atomic E-state index is 10.7. The predicted octanol–water partition coefficient (Wildman–Crippen LogP) is 3.37. The molecule has 1 amide bonds. The highest BCUT2D eigenvalue weighted by molar-refractivity contribution is 8.01. The number of benzene rings is 1. The lowest BCUT2D eigenvalue weighted by molar-refractivity contribution is -0.117. The number of primary amides is 1. The zero-order valence-electron chi connectivity index (χ0n) is 12.0. The van der Waals surface area contributed by atoms with E-state index < -0.39 is 0 Å². The number of anilines is 2. The van der Waals surface area contributed by atoms with Crippen molar-refractivity contribution in [2.45, 2.75) is 30.5 Å². The standard InChI is InChI=1S/C14H18N4OS2/c1-9(2)10-3-5-11(6-4-10)16-13-17-18-14(21-13)20-8-7-12(15)19/h3-6,9H,7-8H2,1-2H3,(H2,15,19)(H,16,17). The molecule has 2 aromatic rings. The van der Waals surface area contributed by atoms with E-state index in [-0.39, 0.29) is 5.91 Å². The molecular weight excluding hydrogens is 304 g/mol. The summed E-state index contributed by atoms with van der Waals surface area (Å²) in [6, 6.07) is 8.29. The van der Waals surface area contributed by atoms with Gasteiger partial charge in [0.05, 0.1) is 0 Å². The predicted molar refractivity (Wildman–Crippen MR) is 88.3 cm³/mol. The fourth-order valence-corrected chi connectivity index (χ4v) is 3.43. The lowest BCUT2D eigenvalue weighted by Gasteiger charge is -2.06. The summed E-state index contributed by atoms with van der Waals surface area (Å²) in [5.74, 6) is 0.858. The van der Waals surface area contributed by atoms with Gasteiger partial charge in [0.15, 0.2) is 4.34 Å². The van der Waals surface area contributed by atoms with Crippen molar-refractivity contribution in [3.8, 4) is 0 Å². The van der Waals surface area contributed by atoms with Crippen molar-refractivity contribution in [3.05, 3.63) is 29.8 Å². The fourth-order valence-electron chi connectivity index (χ4n) is 1.63. The summed E-state index contributed by atoms with van der Waals surface area (Å²) in [7, 11) is 0. The van der Waals surface area contributed by atoms with E-state index in [1.807, 2.05) is 12.1 Å². The van der Waals surface area contributed by atoms with E-state index >= 15 is 0 Å². The number of aromatic nitrogens is 2. The first-order chi connectivity index (χ1) is 10.0. The first-order valence-corrected chi connectivity index (χ1v) is 8.46. The summed E-state index contributed by atoms with van der Waals surface area (Å²) < 4.78 is 0.831. The molecule has 1 heterocycles. The van der Waals surface area contributed by atoms with Crippen molar-refractivity contribution >= 4 is 39.8 Å². The topological polar surface area (TPSA) is 80.9 Å². The number of carbonyl (C=O) groups is 1. The van der Waals surface area contributed by atoms with E-state index in [4.69, 9.17) is 5.73 Å². The lowest BCUT2D eigenvalue weighted by atomic mass is 10.0. The minimum absolute atomic E-state index is 0.296. The molecule has 21 heavy (non-hydrogen) atoms. The molecule has 0 unspecified atom stereocenters. The normalized spacial score (nSPS) is 10.8.